The van der Waals surface area contributed by atoms with Gasteiger partial charge in [-0.1, -0.05) is 11.6 Å². The van der Waals surface area contributed by atoms with Crippen LogP contribution in [0.15, 0.2) is 23.1 Å². The van der Waals surface area contributed by atoms with Crippen LogP contribution in [0.25, 0.3) is 0 Å². The third kappa shape index (κ3) is 3.37. The second-order valence-corrected chi connectivity index (χ2v) is 7.00. The Morgan fingerprint density at radius 1 is 1.48 bits per heavy atom. The van der Waals surface area contributed by atoms with Gasteiger partial charge in [0.15, 0.2) is 0 Å². The van der Waals surface area contributed by atoms with Crippen molar-refractivity contribution >= 4 is 27.5 Å². The number of carbonyl (C=O) groups is 1. The fourth-order valence-corrected chi connectivity index (χ4v) is 3.15. The predicted octanol–water partition coefficient (Wildman–Crippen LogP) is 1.24. The van der Waals surface area contributed by atoms with E-state index < -0.39 is 10.0 Å². The van der Waals surface area contributed by atoms with Gasteiger partial charge in [0.1, 0.15) is 0 Å². The number of amides is 1. The number of benzene rings is 1. The molecule has 21 heavy (non-hydrogen) atoms. The summed E-state index contributed by atoms with van der Waals surface area (Å²) < 4.78 is 28.2. The summed E-state index contributed by atoms with van der Waals surface area (Å²) >= 11 is 6.01. The molecule has 0 spiro atoms. The van der Waals surface area contributed by atoms with Gasteiger partial charge in [-0.3, -0.25) is 4.79 Å². The van der Waals surface area contributed by atoms with E-state index in [0.29, 0.717) is 6.61 Å². The molecule has 6 nitrogen and oxygen atoms in total. The van der Waals surface area contributed by atoms with E-state index in [1.807, 2.05) is 6.92 Å². The highest BCUT2D eigenvalue weighted by Gasteiger charge is 2.32. The molecule has 1 amide bonds. The lowest BCUT2D eigenvalue weighted by Crippen LogP contribution is -2.41. The van der Waals surface area contributed by atoms with Crippen molar-refractivity contribution in [1.82, 2.24) is 4.90 Å². The number of hydrogen-bond donors (Lipinski definition) is 1. The Kier molecular flexibility index (Phi) is 4.57. The Morgan fingerprint density at radius 2 is 2.14 bits per heavy atom. The second-order valence-electron chi connectivity index (χ2n) is 5.03. The number of primary sulfonamides is 1. The van der Waals surface area contributed by atoms with Crippen molar-refractivity contribution in [3.05, 3.63) is 28.8 Å². The maximum Gasteiger partial charge on any atom is 0.255 e. The van der Waals surface area contributed by atoms with Crippen LogP contribution in [-0.4, -0.2) is 45.0 Å². The molecule has 0 radical (unpaired) electrons. The molecule has 1 aliphatic heterocycles. The van der Waals surface area contributed by atoms with E-state index in [1.54, 1.807) is 7.05 Å². The minimum absolute atomic E-state index is 0.0632. The van der Waals surface area contributed by atoms with Gasteiger partial charge in [0.2, 0.25) is 10.0 Å². The highest BCUT2D eigenvalue weighted by Crippen LogP contribution is 2.25. The zero-order valence-corrected chi connectivity index (χ0v) is 13.3. The van der Waals surface area contributed by atoms with Gasteiger partial charge < -0.3 is 9.64 Å². The van der Waals surface area contributed by atoms with Gasteiger partial charge in [-0.05, 0) is 31.5 Å². The highest BCUT2D eigenvalue weighted by atomic mass is 35.5. The highest BCUT2D eigenvalue weighted by molar-refractivity contribution is 7.89. The standard InChI is InChI=1S/C13H17ClN2O4S/c1-8-12(5-6-20-8)16(2)13(17)10-7-9(21(15,18)19)3-4-11(10)14/h3-4,7-8,12H,5-6H2,1-2H3,(H2,15,18,19). The first-order valence-electron chi connectivity index (χ1n) is 6.43. The van der Waals surface area contributed by atoms with E-state index in [4.69, 9.17) is 21.5 Å². The smallest absolute Gasteiger partial charge is 0.255 e. The molecular weight excluding hydrogens is 316 g/mol. The number of nitrogens with zero attached hydrogens (tertiary/aromatic N) is 1. The van der Waals surface area contributed by atoms with Crippen molar-refractivity contribution in [2.45, 2.75) is 30.4 Å². The summed E-state index contributed by atoms with van der Waals surface area (Å²) in [6, 6.07) is 3.77. The summed E-state index contributed by atoms with van der Waals surface area (Å²) in [5, 5.41) is 5.27. The largest absolute Gasteiger partial charge is 0.376 e. The van der Waals surface area contributed by atoms with E-state index >= 15 is 0 Å². The van der Waals surface area contributed by atoms with E-state index in [1.165, 1.54) is 23.1 Å². The fraction of sp³-hybridized carbons (Fsp3) is 0.462. The van der Waals surface area contributed by atoms with Gasteiger partial charge in [0.25, 0.3) is 5.91 Å². The number of rotatable bonds is 3. The normalized spacial score (nSPS) is 22.3. The van der Waals surface area contributed by atoms with Crippen LogP contribution in [0.1, 0.15) is 23.7 Å². The van der Waals surface area contributed by atoms with Crippen molar-refractivity contribution in [3.63, 3.8) is 0 Å². The van der Waals surface area contributed by atoms with Crippen molar-refractivity contribution in [2.75, 3.05) is 13.7 Å². The molecule has 1 saturated heterocycles. The molecule has 2 atom stereocenters. The Morgan fingerprint density at radius 3 is 2.67 bits per heavy atom. The summed E-state index contributed by atoms with van der Waals surface area (Å²) in [7, 11) is -2.23. The van der Waals surface area contributed by atoms with Crippen LogP contribution >= 0.6 is 11.6 Å². The van der Waals surface area contributed by atoms with Gasteiger partial charge in [-0.25, -0.2) is 13.6 Å². The summed E-state index contributed by atoms with van der Waals surface area (Å²) in [5.41, 5.74) is 0.116. The molecule has 1 aliphatic rings. The molecular formula is C13H17ClN2O4S. The maximum absolute atomic E-state index is 12.5. The average Bonchev–Trinajstić information content (AvgIpc) is 2.82. The summed E-state index contributed by atoms with van der Waals surface area (Å²) in [6.07, 6.45) is 0.662. The number of sulfonamides is 1. The zero-order valence-electron chi connectivity index (χ0n) is 11.7. The Bertz CT molecular complexity index is 662. The van der Waals surface area contributed by atoms with Gasteiger partial charge in [-0.15, -0.1) is 0 Å². The minimum atomic E-state index is -3.89. The minimum Gasteiger partial charge on any atom is -0.376 e. The van der Waals surface area contributed by atoms with Gasteiger partial charge in [0, 0.05) is 13.7 Å². The van der Waals surface area contributed by atoms with Crippen LogP contribution in [0.4, 0.5) is 0 Å². The molecule has 116 valence electrons. The molecule has 2 rings (SSSR count). The summed E-state index contributed by atoms with van der Waals surface area (Å²) in [5.74, 6) is -0.354. The third-order valence-corrected chi connectivity index (χ3v) is 4.89. The quantitative estimate of drug-likeness (QED) is 0.901. The Labute approximate surface area is 128 Å². The van der Waals surface area contributed by atoms with Crippen molar-refractivity contribution in [2.24, 2.45) is 5.14 Å². The molecule has 1 fully saturated rings. The SMILES string of the molecule is CC1OCCC1N(C)C(=O)c1cc(S(N)(=O)=O)ccc1Cl. The van der Waals surface area contributed by atoms with Crippen LogP contribution in [0, 0.1) is 0 Å². The Hall–Kier alpha value is -1.15. The fourth-order valence-electron chi connectivity index (χ4n) is 2.41. The summed E-state index contributed by atoms with van der Waals surface area (Å²) in [4.78, 5) is 13.9. The van der Waals surface area contributed by atoms with Crippen LogP contribution < -0.4 is 5.14 Å². The molecule has 2 unspecified atom stereocenters. The number of hydrogen-bond acceptors (Lipinski definition) is 4. The van der Waals surface area contributed by atoms with E-state index in [9.17, 15) is 13.2 Å². The number of likely N-dealkylation sites (N-methyl/N-ethyl adjacent to an activating group) is 1. The van der Waals surface area contributed by atoms with Crippen LogP contribution in [0.5, 0.6) is 0 Å². The first kappa shape index (κ1) is 16.2. The van der Waals surface area contributed by atoms with E-state index in [-0.39, 0.29) is 33.5 Å². The maximum atomic E-state index is 12.5. The molecule has 1 heterocycles. The zero-order chi connectivity index (χ0) is 15.8. The number of halogens is 1. The first-order chi connectivity index (χ1) is 9.71. The monoisotopic (exact) mass is 332 g/mol. The molecule has 8 heteroatoms. The van der Waals surface area contributed by atoms with Crippen LogP contribution in [0.3, 0.4) is 0 Å². The van der Waals surface area contributed by atoms with Crippen molar-refractivity contribution in [1.29, 1.82) is 0 Å². The van der Waals surface area contributed by atoms with E-state index in [2.05, 4.69) is 0 Å². The van der Waals surface area contributed by atoms with Crippen LogP contribution in [-0.2, 0) is 14.8 Å². The lowest BCUT2D eigenvalue weighted by molar-refractivity contribution is 0.0574. The number of nitrogens with two attached hydrogens (primary N) is 1. The topological polar surface area (TPSA) is 89.7 Å². The number of ether oxygens (including phenoxy) is 1. The Balaban J connectivity index is 2.34. The second kappa shape index (κ2) is 5.92. The van der Waals surface area contributed by atoms with Crippen LogP contribution in [0.2, 0.25) is 5.02 Å². The lowest BCUT2D eigenvalue weighted by atomic mass is 10.1. The molecule has 0 saturated carbocycles. The van der Waals surface area contributed by atoms with Crippen molar-refractivity contribution in [3.8, 4) is 0 Å². The number of carbonyl (C=O) groups excluding carboxylic acids is 1. The van der Waals surface area contributed by atoms with Gasteiger partial charge in [0.05, 0.1) is 27.6 Å². The molecule has 2 N–H and O–H groups in total. The van der Waals surface area contributed by atoms with Crippen molar-refractivity contribution < 1.29 is 17.9 Å². The third-order valence-electron chi connectivity index (χ3n) is 3.65. The van der Waals surface area contributed by atoms with Gasteiger partial charge >= 0.3 is 0 Å². The average molecular weight is 333 g/mol. The first-order valence-corrected chi connectivity index (χ1v) is 8.35. The molecule has 0 aromatic heterocycles. The molecule has 0 aliphatic carbocycles. The molecule has 1 aromatic carbocycles. The summed E-state index contributed by atoms with van der Waals surface area (Å²) in [6.45, 7) is 2.48. The predicted molar refractivity (Wildman–Crippen MR) is 78.7 cm³/mol. The van der Waals surface area contributed by atoms with E-state index in [0.717, 1.165) is 6.42 Å². The molecule has 1 aromatic rings. The molecule has 0 bridgehead atoms. The lowest BCUT2D eigenvalue weighted by Gasteiger charge is -2.27. The van der Waals surface area contributed by atoms with Gasteiger partial charge in [-0.2, -0.15) is 0 Å².